The molecular formula is C18H24N6O2. The molecule has 0 bridgehead atoms. The Morgan fingerprint density at radius 1 is 1.15 bits per heavy atom. The molecule has 0 aromatic carbocycles. The van der Waals surface area contributed by atoms with Crippen molar-refractivity contribution in [2.45, 2.75) is 25.7 Å². The van der Waals surface area contributed by atoms with Crippen LogP contribution < -0.4 is 9.80 Å². The van der Waals surface area contributed by atoms with Gasteiger partial charge in [-0.3, -0.25) is 4.79 Å². The van der Waals surface area contributed by atoms with Gasteiger partial charge in [0.1, 0.15) is 11.6 Å². The third-order valence-corrected chi connectivity index (χ3v) is 4.86. The monoisotopic (exact) mass is 356 g/mol. The molecule has 0 unspecified atom stereocenters. The molecular weight excluding hydrogens is 332 g/mol. The van der Waals surface area contributed by atoms with Gasteiger partial charge in [0.15, 0.2) is 5.69 Å². The molecule has 0 atom stereocenters. The zero-order valence-electron chi connectivity index (χ0n) is 15.5. The Kier molecular flexibility index (Phi) is 4.26. The summed E-state index contributed by atoms with van der Waals surface area (Å²) in [6, 6.07) is 3.77. The van der Waals surface area contributed by atoms with E-state index in [0.717, 1.165) is 36.1 Å². The molecule has 1 aliphatic carbocycles. The number of aromatic nitrogens is 3. The Bertz CT molecular complexity index is 806. The first-order chi connectivity index (χ1) is 12.5. The van der Waals surface area contributed by atoms with Gasteiger partial charge in [-0.1, -0.05) is 5.16 Å². The largest absolute Gasteiger partial charge is 0.363 e. The van der Waals surface area contributed by atoms with Gasteiger partial charge < -0.3 is 19.2 Å². The second-order valence-electron chi connectivity index (χ2n) is 7.23. The highest BCUT2D eigenvalue weighted by molar-refractivity contribution is 5.92. The second-order valence-corrected chi connectivity index (χ2v) is 7.23. The topological polar surface area (TPSA) is 78.6 Å². The van der Waals surface area contributed by atoms with Gasteiger partial charge in [0.2, 0.25) is 5.95 Å². The molecule has 4 rings (SSSR count). The van der Waals surface area contributed by atoms with Gasteiger partial charge in [-0.2, -0.15) is 4.98 Å². The highest BCUT2D eigenvalue weighted by atomic mass is 16.5. The molecule has 1 amide bonds. The minimum atomic E-state index is -0.0561. The van der Waals surface area contributed by atoms with Crippen LogP contribution in [0, 0.1) is 6.92 Å². The molecule has 1 saturated heterocycles. The number of aryl methyl sites for hydroxylation is 1. The highest BCUT2D eigenvalue weighted by Gasteiger charge is 2.31. The van der Waals surface area contributed by atoms with E-state index in [9.17, 15) is 4.79 Å². The van der Waals surface area contributed by atoms with E-state index in [4.69, 9.17) is 4.52 Å². The number of nitrogens with zero attached hydrogens (tertiary/aromatic N) is 6. The maximum Gasteiger partial charge on any atom is 0.276 e. The molecule has 3 heterocycles. The third-order valence-electron chi connectivity index (χ3n) is 4.86. The predicted octanol–water partition coefficient (Wildman–Crippen LogP) is 1.68. The van der Waals surface area contributed by atoms with Crippen LogP contribution in [0.25, 0.3) is 0 Å². The fourth-order valence-corrected chi connectivity index (χ4v) is 3.13. The Hall–Kier alpha value is -2.64. The smallest absolute Gasteiger partial charge is 0.276 e. The first-order valence-electron chi connectivity index (χ1n) is 9.05. The lowest BCUT2D eigenvalue weighted by atomic mass is 10.2. The van der Waals surface area contributed by atoms with E-state index >= 15 is 0 Å². The number of anilines is 2. The van der Waals surface area contributed by atoms with E-state index in [2.05, 4.69) is 20.0 Å². The summed E-state index contributed by atoms with van der Waals surface area (Å²) in [5.74, 6) is 2.86. The number of carbonyl (C=O) groups is 1. The fourth-order valence-electron chi connectivity index (χ4n) is 3.13. The first kappa shape index (κ1) is 16.8. The predicted molar refractivity (Wildman–Crippen MR) is 97.7 cm³/mol. The molecule has 8 heteroatoms. The van der Waals surface area contributed by atoms with E-state index < -0.39 is 0 Å². The fraction of sp³-hybridized carbons (Fsp3) is 0.556. The minimum Gasteiger partial charge on any atom is -0.363 e. The minimum absolute atomic E-state index is 0.0561. The zero-order valence-corrected chi connectivity index (χ0v) is 15.5. The molecule has 2 fully saturated rings. The Morgan fingerprint density at radius 3 is 2.54 bits per heavy atom. The van der Waals surface area contributed by atoms with Crippen LogP contribution in [0.4, 0.5) is 11.8 Å². The molecule has 1 saturated carbocycles. The molecule has 138 valence electrons. The molecule has 0 N–H and O–H groups in total. The summed E-state index contributed by atoms with van der Waals surface area (Å²) in [5.41, 5.74) is 1.36. The summed E-state index contributed by atoms with van der Waals surface area (Å²) in [5, 5.41) is 3.96. The number of hydrogen-bond donors (Lipinski definition) is 0. The molecule has 0 radical (unpaired) electrons. The van der Waals surface area contributed by atoms with Crippen molar-refractivity contribution < 1.29 is 9.32 Å². The standard InChI is InChI=1S/C18H24N6O2/c1-12-10-16(22(2)3)20-18(19-12)24-8-6-23(7-9-24)17(25)14-11-15(26-21-14)13-4-5-13/h10-11,13H,4-9H2,1-3H3. The quantitative estimate of drug-likeness (QED) is 0.824. The van der Waals surface area contributed by atoms with E-state index in [0.29, 0.717) is 37.8 Å². The molecule has 0 spiro atoms. The van der Waals surface area contributed by atoms with Crippen molar-refractivity contribution in [3.8, 4) is 0 Å². The summed E-state index contributed by atoms with van der Waals surface area (Å²) in [6.45, 7) is 4.63. The SMILES string of the molecule is Cc1cc(N(C)C)nc(N2CCN(C(=O)c3cc(C4CC4)on3)CC2)n1. The number of piperazine rings is 1. The average Bonchev–Trinajstić information content (AvgIpc) is 3.37. The molecule has 1 aliphatic heterocycles. The van der Waals surface area contributed by atoms with E-state index in [1.54, 1.807) is 6.07 Å². The third kappa shape index (κ3) is 3.36. The zero-order chi connectivity index (χ0) is 18.3. The summed E-state index contributed by atoms with van der Waals surface area (Å²) >= 11 is 0. The lowest BCUT2D eigenvalue weighted by molar-refractivity contribution is 0.0735. The van der Waals surface area contributed by atoms with Crippen molar-refractivity contribution in [3.63, 3.8) is 0 Å². The van der Waals surface area contributed by atoms with Crippen LogP contribution in [0.2, 0.25) is 0 Å². The molecule has 26 heavy (non-hydrogen) atoms. The van der Waals surface area contributed by atoms with Crippen LogP contribution in [0.3, 0.4) is 0 Å². The maximum atomic E-state index is 12.6. The van der Waals surface area contributed by atoms with Gasteiger partial charge in [0.25, 0.3) is 5.91 Å². The van der Waals surface area contributed by atoms with Crippen LogP contribution in [-0.2, 0) is 0 Å². The Morgan fingerprint density at radius 2 is 1.88 bits per heavy atom. The van der Waals surface area contributed by atoms with E-state index in [-0.39, 0.29) is 5.91 Å². The van der Waals surface area contributed by atoms with E-state index in [1.165, 1.54) is 0 Å². The lowest BCUT2D eigenvalue weighted by Crippen LogP contribution is -2.49. The summed E-state index contributed by atoms with van der Waals surface area (Å²) < 4.78 is 5.31. The number of hydrogen-bond acceptors (Lipinski definition) is 7. The number of carbonyl (C=O) groups excluding carboxylic acids is 1. The van der Waals surface area contributed by atoms with Crippen LogP contribution >= 0.6 is 0 Å². The average molecular weight is 356 g/mol. The van der Waals surface area contributed by atoms with Crippen molar-refractivity contribution >= 4 is 17.7 Å². The van der Waals surface area contributed by atoms with Gasteiger partial charge in [0, 0.05) is 64.0 Å². The van der Waals surface area contributed by atoms with Gasteiger partial charge >= 0.3 is 0 Å². The Balaban J connectivity index is 1.41. The van der Waals surface area contributed by atoms with Crippen LogP contribution in [0.15, 0.2) is 16.7 Å². The van der Waals surface area contributed by atoms with Crippen molar-refractivity contribution in [3.05, 3.63) is 29.3 Å². The highest BCUT2D eigenvalue weighted by Crippen LogP contribution is 2.40. The molecule has 2 aromatic heterocycles. The van der Waals surface area contributed by atoms with Gasteiger partial charge in [-0.05, 0) is 19.8 Å². The van der Waals surface area contributed by atoms with Crippen molar-refractivity contribution in [2.75, 3.05) is 50.1 Å². The van der Waals surface area contributed by atoms with Gasteiger partial charge in [-0.25, -0.2) is 4.98 Å². The van der Waals surface area contributed by atoms with Gasteiger partial charge in [0.05, 0.1) is 0 Å². The summed E-state index contributed by atoms with van der Waals surface area (Å²) in [6.07, 6.45) is 2.26. The molecule has 8 nitrogen and oxygen atoms in total. The molecule has 2 aliphatic rings. The normalized spacial score (nSPS) is 17.5. The van der Waals surface area contributed by atoms with Crippen LogP contribution in [0.5, 0.6) is 0 Å². The lowest BCUT2D eigenvalue weighted by Gasteiger charge is -2.34. The summed E-state index contributed by atoms with van der Waals surface area (Å²) in [7, 11) is 3.94. The maximum absolute atomic E-state index is 12.6. The first-order valence-corrected chi connectivity index (χ1v) is 9.05. The van der Waals surface area contributed by atoms with Crippen molar-refractivity contribution in [1.29, 1.82) is 0 Å². The summed E-state index contributed by atoms with van der Waals surface area (Å²) in [4.78, 5) is 27.7. The van der Waals surface area contributed by atoms with Crippen LogP contribution in [0.1, 0.15) is 40.7 Å². The van der Waals surface area contributed by atoms with Gasteiger partial charge in [-0.15, -0.1) is 0 Å². The van der Waals surface area contributed by atoms with E-state index in [1.807, 2.05) is 36.9 Å². The van der Waals surface area contributed by atoms with Crippen LogP contribution in [-0.4, -0.2) is 66.2 Å². The number of rotatable bonds is 4. The molecule has 2 aromatic rings. The van der Waals surface area contributed by atoms with Crippen molar-refractivity contribution in [2.24, 2.45) is 0 Å². The Labute approximate surface area is 152 Å². The van der Waals surface area contributed by atoms with Crippen molar-refractivity contribution in [1.82, 2.24) is 20.0 Å². The second kappa shape index (κ2) is 6.59. The number of amides is 1.